The SMILES string of the molecule is COC(=O)c1ccc(C(=O)NC2CCC(Oc3nccnc3C#N)CC2)cc1. The fourth-order valence-corrected chi connectivity index (χ4v) is 3.12. The predicted octanol–water partition coefficient (Wildman–Crippen LogP) is 2.25. The molecule has 1 heterocycles. The summed E-state index contributed by atoms with van der Waals surface area (Å²) in [6.45, 7) is 0. The number of nitrogens with one attached hydrogen (secondary N) is 1. The average molecular weight is 380 g/mol. The van der Waals surface area contributed by atoms with Crippen molar-refractivity contribution in [3.05, 3.63) is 53.5 Å². The molecule has 8 nitrogen and oxygen atoms in total. The van der Waals surface area contributed by atoms with Gasteiger partial charge in [-0.15, -0.1) is 0 Å². The van der Waals surface area contributed by atoms with E-state index in [0.29, 0.717) is 11.1 Å². The van der Waals surface area contributed by atoms with E-state index >= 15 is 0 Å². The lowest BCUT2D eigenvalue weighted by atomic mass is 9.92. The number of methoxy groups -OCH3 is 1. The third kappa shape index (κ3) is 4.62. The minimum atomic E-state index is -0.437. The molecule has 0 spiro atoms. The van der Waals surface area contributed by atoms with Crippen LogP contribution in [-0.2, 0) is 4.74 Å². The van der Waals surface area contributed by atoms with Crippen LogP contribution >= 0.6 is 0 Å². The fraction of sp³-hybridized carbons (Fsp3) is 0.350. The summed E-state index contributed by atoms with van der Waals surface area (Å²) in [4.78, 5) is 31.9. The number of amides is 1. The third-order valence-corrected chi connectivity index (χ3v) is 4.63. The summed E-state index contributed by atoms with van der Waals surface area (Å²) in [6, 6.07) is 8.36. The molecule has 1 saturated carbocycles. The zero-order valence-corrected chi connectivity index (χ0v) is 15.4. The summed E-state index contributed by atoms with van der Waals surface area (Å²) in [5, 5.41) is 12.1. The van der Waals surface area contributed by atoms with Gasteiger partial charge < -0.3 is 14.8 Å². The second-order valence-corrected chi connectivity index (χ2v) is 6.46. The molecule has 0 unspecified atom stereocenters. The highest BCUT2D eigenvalue weighted by Gasteiger charge is 2.25. The van der Waals surface area contributed by atoms with Crippen molar-refractivity contribution >= 4 is 11.9 Å². The molecular weight excluding hydrogens is 360 g/mol. The van der Waals surface area contributed by atoms with E-state index < -0.39 is 5.97 Å². The maximum atomic E-state index is 12.4. The third-order valence-electron chi connectivity index (χ3n) is 4.63. The Morgan fingerprint density at radius 1 is 1.07 bits per heavy atom. The van der Waals surface area contributed by atoms with Crippen molar-refractivity contribution < 1.29 is 19.1 Å². The summed E-state index contributed by atoms with van der Waals surface area (Å²) in [5.41, 5.74) is 1.06. The van der Waals surface area contributed by atoms with Gasteiger partial charge in [0.2, 0.25) is 5.69 Å². The van der Waals surface area contributed by atoms with Gasteiger partial charge in [0.05, 0.1) is 12.7 Å². The van der Waals surface area contributed by atoms with Gasteiger partial charge in [-0.3, -0.25) is 4.79 Å². The van der Waals surface area contributed by atoms with E-state index in [1.807, 2.05) is 6.07 Å². The molecule has 0 aliphatic heterocycles. The second kappa shape index (κ2) is 8.95. The van der Waals surface area contributed by atoms with Crippen LogP contribution in [0.1, 0.15) is 52.1 Å². The summed E-state index contributed by atoms with van der Waals surface area (Å²) in [7, 11) is 1.31. The zero-order chi connectivity index (χ0) is 19.9. The highest BCUT2D eigenvalue weighted by Crippen LogP contribution is 2.24. The molecule has 1 aliphatic carbocycles. The van der Waals surface area contributed by atoms with Crippen LogP contribution in [0.2, 0.25) is 0 Å². The molecule has 1 aromatic carbocycles. The van der Waals surface area contributed by atoms with Crippen molar-refractivity contribution in [3.8, 4) is 11.9 Å². The normalized spacial score (nSPS) is 18.6. The van der Waals surface area contributed by atoms with E-state index in [1.165, 1.54) is 19.5 Å². The Morgan fingerprint density at radius 2 is 1.71 bits per heavy atom. The van der Waals surface area contributed by atoms with Crippen LogP contribution in [0, 0.1) is 11.3 Å². The molecule has 2 aromatic rings. The second-order valence-electron chi connectivity index (χ2n) is 6.46. The Morgan fingerprint density at radius 3 is 2.36 bits per heavy atom. The number of aromatic nitrogens is 2. The van der Waals surface area contributed by atoms with Crippen LogP contribution in [0.3, 0.4) is 0 Å². The number of esters is 1. The average Bonchev–Trinajstić information content (AvgIpc) is 2.75. The topological polar surface area (TPSA) is 114 Å². The van der Waals surface area contributed by atoms with Gasteiger partial charge in [-0.2, -0.15) is 5.26 Å². The first-order valence-corrected chi connectivity index (χ1v) is 8.97. The standard InChI is InChI=1S/C20H20N4O4/c1-27-20(26)14-4-2-13(3-5-14)18(25)24-15-6-8-16(9-7-15)28-19-17(12-21)22-10-11-23-19/h2-5,10-11,15-16H,6-9H2,1H3,(H,24,25). The van der Waals surface area contributed by atoms with Gasteiger partial charge in [0.25, 0.3) is 11.8 Å². The number of hydrogen-bond donors (Lipinski definition) is 1. The maximum Gasteiger partial charge on any atom is 0.337 e. The molecule has 3 rings (SSSR count). The number of ether oxygens (including phenoxy) is 2. The molecule has 1 amide bonds. The van der Waals surface area contributed by atoms with E-state index in [-0.39, 0.29) is 29.6 Å². The minimum absolute atomic E-state index is 0.0462. The molecule has 1 aromatic heterocycles. The van der Waals surface area contributed by atoms with Gasteiger partial charge in [0.1, 0.15) is 12.2 Å². The molecule has 8 heteroatoms. The van der Waals surface area contributed by atoms with Gasteiger partial charge in [0, 0.05) is 24.0 Å². The van der Waals surface area contributed by atoms with Crippen LogP contribution in [0.5, 0.6) is 5.88 Å². The van der Waals surface area contributed by atoms with E-state index in [4.69, 9.17) is 10.00 Å². The summed E-state index contributed by atoms with van der Waals surface area (Å²) < 4.78 is 10.5. The molecule has 0 saturated heterocycles. The minimum Gasteiger partial charge on any atom is -0.472 e. The van der Waals surface area contributed by atoms with Crippen LogP contribution in [0.15, 0.2) is 36.7 Å². The van der Waals surface area contributed by atoms with E-state index in [0.717, 1.165) is 25.7 Å². The maximum absolute atomic E-state index is 12.4. The smallest absolute Gasteiger partial charge is 0.337 e. The molecule has 28 heavy (non-hydrogen) atoms. The van der Waals surface area contributed by atoms with Gasteiger partial charge in [0.15, 0.2) is 0 Å². The van der Waals surface area contributed by atoms with Crippen molar-refractivity contribution in [3.63, 3.8) is 0 Å². The number of nitriles is 1. The van der Waals surface area contributed by atoms with Crippen molar-refractivity contribution in [2.75, 3.05) is 7.11 Å². The highest BCUT2D eigenvalue weighted by atomic mass is 16.5. The first-order valence-electron chi connectivity index (χ1n) is 8.97. The number of carbonyl (C=O) groups is 2. The van der Waals surface area contributed by atoms with Crippen LogP contribution in [0.25, 0.3) is 0 Å². The Hall–Kier alpha value is -3.47. The van der Waals surface area contributed by atoms with Gasteiger partial charge >= 0.3 is 5.97 Å². The van der Waals surface area contributed by atoms with E-state index in [9.17, 15) is 9.59 Å². The van der Waals surface area contributed by atoms with Gasteiger partial charge in [-0.1, -0.05) is 0 Å². The molecule has 0 bridgehead atoms. The Kier molecular flexibility index (Phi) is 6.17. The largest absolute Gasteiger partial charge is 0.472 e. The highest BCUT2D eigenvalue weighted by molar-refractivity contribution is 5.96. The molecule has 1 aliphatic rings. The first kappa shape index (κ1) is 19.3. The molecule has 1 N–H and O–H groups in total. The van der Waals surface area contributed by atoms with Gasteiger partial charge in [-0.05, 0) is 49.9 Å². The molecule has 144 valence electrons. The quantitative estimate of drug-likeness (QED) is 0.791. The first-order chi connectivity index (χ1) is 13.6. The summed E-state index contributed by atoms with van der Waals surface area (Å²) >= 11 is 0. The lowest BCUT2D eigenvalue weighted by Gasteiger charge is -2.29. The zero-order valence-electron chi connectivity index (χ0n) is 15.4. The van der Waals surface area contributed by atoms with Crippen LogP contribution < -0.4 is 10.1 Å². The van der Waals surface area contributed by atoms with E-state index in [2.05, 4.69) is 20.0 Å². The van der Waals surface area contributed by atoms with Crippen molar-refractivity contribution in [2.24, 2.45) is 0 Å². The number of benzene rings is 1. The Balaban J connectivity index is 1.50. The Labute approximate surface area is 162 Å². The predicted molar refractivity (Wildman–Crippen MR) is 98.7 cm³/mol. The number of nitrogens with zero attached hydrogens (tertiary/aromatic N) is 3. The molecule has 0 atom stereocenters. The van der Waals surface area contributed by atoms with Crippen molar-refractivity contribution in [1.82, 2.24) is 15.3 Å². The number of carbonyl (C=O) groups excluding carboxylic acids is 2. The van der Waals surface area contributed by atoms with Crippen LogP contribution in [-0.4, -0.2) is 41.1 Å². The number of hydrogen-bond acceptors (Lipinski definition) is 7. The lowest BCUT2D eigenvalue weighted by Crippen LogP contribution is -2.39. The monoisotopic (exact) mass is 380 g/mol. The molecule has 1 fully saturated rings. The van der Waals surface area contributed by atoms with E-state index in [1.54, 1.807) is 24.3 Å². The van der Waals surface area contributed by atoms with Crippen LogP contribution in [0.4, 0.5) is 0 Å². The van der Waals surface area contributed by atoms with Crippen molar-refractivity contribution in [2.45, 2.75) is 37.8 Å². The molecular formula is C20H20N4O4. The number of rotatable bonds is 5. The molecule has 0 radical (unpaired) electrons. The summed E-state index contributed by atoms with van der Waals surface area (Å²) in [6.07, 6.45) is 5.90. The fourth-order valence-electron chi connectivity index (χ4n) is 3.12. The van der Waals surface area contributed by atoms with Gasteiger partial charge in [-0.25, -0.2) is 14.8 Å². The summed E-state index contributed by atoms with van der Waals surface area (Å²) in [5.74, 6) is -0.363. The van der Waals surface area contributed by atoms with Crippen molar-refractivity contribution in [1.29, 1.82) is 5.26 Å². The Bertz CT molecular complexity index is 884. The lowest BCUT2D eigenvalue weighted by molar-refractivity contribution is 0.0600.